The largest absolute Gasteiger partial charge is 0.480 e. The SMILES string of the molecule is Cc1c(-c2nc3cc(CN4CCOCC4)c(OC(F)F)cc3o2)cccc1-c1cccc(-c2nc3cc(CN4CCC[C@H]4C(=O)O)c(OC(F)F)cc3o2)c1C. The van der Waals surface area contributed by atoms with Crippen molar-refractivity contribution in [2.75, 3.05) is 32.8 Å². The Bertz CT molecular complexity index is 2410. The first-order valence-electron chi connectivity index (χ1n) is 18.3. The molecule has 0 bridgehead atoms. The third-order valence-corrected chi connectivity index (χ3v) is 10.5. The van der Waals surface area contributed by atoms with Crippen molar-refractivity contribution in [1.29, 1.82) is 0 Å². The van der Waals surface area contributed by atoms with Crippen molar-refractivity contribution in [3.63, 3.8) is 0 Å². The van der Waals surface area contributed by atoms with Gasteiger partial charge in [0.1, 0.15) is 28.6 Å². The minimum absolute atomic E-state index is 0.0335. The molecule has 0 unspecified atom stereocenters. The summed E-state index contributed by atoms with van der Waals surface area (Å²) in [5.41, 5.74) is 7.26. The average molecular weight is 775 g/mol. The summed E-state index contributed by atoms with van der Waals surface area (Å²) in [5.74, 6) is -0.439. The number of benzene rings is 4. The molecule has 56 heavy (non-hydrogen) atoms. The molecule has 2 aliphatic heterocycles. The molecule has 11 nitrogen and oxygen atoms in total. The highest BCUT2D eigenvalue weighted by Gasteiger charge is 2.32. The molecule has 6 aromatic rings. The molecular weight excluding hydrogens is 736 g/mol. The lowest BCUT2D eigenvalue weighted by Gasteiger charge is -2.27. The Hall–Kier alpha value is -5.51. The number of ether oxygens (including phenoxy) is 3. The van der Waals surface area contributed by atoms with E-state index in [0.29, 0.717) is 97.0 Å². The number of aliphatic carboxylic acids is 1. The summed E-state index contributed by atoms with van der Waals surface area (Å²) < 4.78 is 81.4. The van der Waals surface area contributed by atoms with E-state index >= 15 is 0 Å². The van der Waals surface area contributed by atoms with Crippen molar-refractivity contribution in [1.82, 2.24) is 19.8 Å². The molecule has 0 spiro atoms. The van der Waals surface area contributed by atoms with Crippen LogP contribution in [0.3, 0.4) is 0 Å². The van der Waals surface area contributed by atoms with Crippen LogP contribution in [0.4, 0.5) is 17.6 Å². The van der Waals surface area contributed by atoms with Gasteiger partial charge in [0.2, 0.25) is 11.8 Å². The van der Waals surface area contributed by atoms with Gasteiger partial charge in [-0.1, -0.05) is 24.3 Å². The van der Waals surface area contributed by atoms with E-state index < -0.39 is 25.2 Å². The minimum Gasteiger partial charge on any atom is -0.480 e. The third-order valence-electron chi connectivity index (χ3n) is 10.5. The highest BCUT2D eigenvalue weighted by molar-refractivity contribution is 5.85. The number of oxazole rings is 2. The van der Waals surface area contributed by atoms with Gasteiger partial charge in [0.05, 0.1) is 13.2 Å². The molecule has 4 heterocycles. The highest BCUT2D eigenvalue weighted by atomic mass is 19.3. The number of likely N-dealkylation sites (tertiary alicyclic amines) is 1. The van der Waals surface area contributed by atoms with Gasteiger partial charge in [-0.3, -0.25) is 14.6 Å². The molecule has 15 heteroatoms. The van der Waals surface area contributed by atoms with Gasteiger partial charge >= 0.3 is 19.2 Å². The van der Waals surface area contributed by atoms with E-state index in [1.165, 1.54) is 12.1 Å². The van der Waals surface area contributed by atoms with Crippen LogP contribution in [0, 0.1) is 13.8 Å². The Balaban J connectivity index is 1.12. The van der Waals surface area contributed by atoms with Crippen LogP contribution in [0.15, 0.2) is 69.5 Å². The maximum absolute atomic E-state index is 13.5. The van der Waals surface area contributed by atoms with Crippen LogP contribution in [0.1, 0.15) is 35.1 Å². The standard InChI is InChI=1S/C41H38F4N4O7/c1-22-26(6-3-8-28(22)37-46-30-16-24(20-48-12-14-52-15-13-48)33(55-40(42)43)18-35(30)53-37)27-7-4-9-29(23(27)2)38-47-31-17-25(21-49-11-5-10-32(49)39(50)51)34(56-41(44)45)19-36(31)54-38/h3-4,6-9,16-19,32,40-41H,5,10-15,20-21H2,1-2H3,(H,50,51)/t32-/m0/s1. The number of fused-ring (bicyclic) bond motifs is 2. The Morgan fingerprint density at radius 3 is 1.77 bits per heavy atom. The number of carboxylic acid groups (broad SMARTS) is 1. The van der Waals surface area contributed by atoms with E-state index in [2.05, 4.69) is 4.90 Å². The topological polar surface area (TPSA) is 124 Å². The van der Waals surface area contributed by atoms with E-state index in [4.69, 9.17) is 33.0 Å². The molecule has 1 N–H and O–H groups in total. The number of halogens is 4. The van der Waals surface area contributed by atoms with Crippen molar-refractivity contribution >= 4 is 28.2 Å². The molecule has 4 aromatic carbocycles. The first-order valence-corrected chi connectivity index (χ1v) is 18.3. The molecule has 0 saturated carbocycles. The fourth-order valence-corrected chi connectivity index (χ4v) is 7.72. The summed E-state index contributed by atoms with van der Waals surface area (Å²) in [5, 5.41) is 9.66. The number of carboxylic acids is 1. The minimum atomic E-state index is -3.09. The zero-order valence-electron chi connectivity index (χ0n) is 30.6. The third kappa shape index (κ3) is 7.53. The number of alkyl halides is 4. The van der Waals surface area contributed by atoms with E-state index in [1.807, 2.05) is 50.2 Å². The molecule has 0 amide bonds. The lowest BCUT2D eigenvalue weighted by molar-refractivity contribution is -0.142. The van der Waals surface area contributed by atoms with Crippen LogP contribution in [0.2, 0.25) is 0 Å². The van der Waals surface area contributed by atoms with Gasteiger partial charge in [-0.05, 0) is 79.8 Å². The van der Waals surface area contributed by atoms with E-state index in [-0.39, 0.29) is 29.5 Å². The lowest BCUT2D eigenvalue weighted by atomic mass is 9.91. The molecular formula is C41H38F4N4O7. The zero-order valence-corrected chi connectivity index (χ0v) is 30.6. The number of morpholine rings is 1. The molecule has 2 aromatic heterocycles. The monoisotopic (exact) mass is 774 g/mol. The van der Waals surface area contributed by atoms with Crippen LogP contribution >= 0.6 is 0 Å². The summed E-state index contributed by atoms with van der Waals surface area (Å²) in [4.78, 5) is 25.1. The van der Waals surface area contributed by atoms with Gasteiger partial charge in [0, 0.05) is 60.6 Å². The molecule has 8 rings (SSSR count). The van der Waals surface area contributed by atoms with Crippen LogP contribution < -0.4 is 9.47 Å². The highest BCUT2D eigenvalue weighted by Crippen LogP contribution is 2.40. The van der Waals surface area contributed by atoms with Crippen LogP contribution in [-0.4, -0.2) is 83.0 Å². The van der Waals surface area contributed by atoms with Gasteiger partial charge < -0.3 is 28.2 Å². The average Bonchev–Trinajstić information content (AvgIpc) is 3.91. The van der Waals surface area contributed by atoms with Crippen LogP contribution in [-0.2, 0) is 22.6 Å². The molecule has 1 atom stereocenters. The quantitative estimate of drug-likeness (QED) is 0.120. The lowest BCUT2D eigenvalue weighted by Crippen LogP contribution is -2.35. The van der Waals surface area contributed by atoms with Gasteiger partial charge in [-0.15, -0.1) is 0 Å². The van der Waals surface area contributed by atoms with Crippen molar-refractivity contribution in [2.24, 2.45) is 0 Å². The van der Waals surface area contributed by atoms with E-state index in [0.717, 1.165) is 22.3 Å². The first kappa shape index (κ1) is 37.4. The normalized spacial score (nSPS) is 16.8. The molecule has 2 aliphatic rings. The van der Waals surface area contributed by atoms with Crippen LogP contribution in [0.25, 0.3) is 56.2 Å². The smallest absolute Gasteiger partial charge is 0.387 e. The second kappa shape index (κ2) is 15.6. The zero-order chi connectivity index (χ0) is 39.1. The van der Waals surface area contributed by atoms with Gasteiger partial charge in [-0.25, -0.2) is 9.97 Å². The maximum Gasteiger partial charge on any atom is 0.387 e. The summed E-state index contributed by atoms with van der Waals surface area (Å²) >= 11 is 0. The van der Waals surface area contributed by atoms with E-state index in [9.17, 15) is 27.5 Å². The van der Waals surface area contributed by atoms with Gasteiger partial charge in [-0.2, -0.15) is 17.6 Å². The number of aromatic nitrogens is 2. The number of nitrogens with zero attached hydrogens (tertiary/aromatic N) is 4. The summed E-state index contributed by atoms with van der Waals surface area (Å²) in [6.07, 6.45) is 1.15. The first-order chi connectivity index (χ1) is 27.0. The number of hydrogen-bond acceptors (Lipinski definition) is 10. The van der Waals surface area contributed by atoms with Gasteiger partial charge in [0.25, 0.3) is 0 Å². The Morgan fingerprint density at radius 1 is 0.768 bits per heavy atom. The fourth-order valence-electron chi connectivity index (χ4n) is 7.72. The van der Waals surface area contributed by atoms with Crippen molar-refractivity contribution < 1.29 is 50.5 Å². The molecule has 292 valence electrons. The number of carbonyl (C=O) groups is 1. The van der Waals surface area contributed by atoms with Gasteiger partial charge in [0.15, 0.2) is 11.2 Å². The predicted octanol–water partition coefficient (Wildman–Crippen LogP) is 8.67. The summed E-state index contributed by atoms with van der Waals surface area (Å²) in [6.45, 7) is 1.25. The van der Waals surface area contributed by atoms with Crippen LogP contribution in [0.5, 0.6) is 11.5 Å². The fraction of sp³-hybridized carbons (Fsp3) is 0.341. The molecule has 0 aliphatic carbocycles. The number of hydrogen-bond donors (Lipinski definition) is 1. The Morgan fingerprint density at radius 2 is 1.27 bits per heavy atom. The Labute approximate surface area is 318 Å². The van der Waals surface area contributed by atoms with E-state index in [1.54, 1.807) is 17.0 Å². The Kier molecular flexibility index (Phi) is 10.4. The second-order valence-electron chi connectivity index (χ2n) is 14.0. The second-order valence-corrected chi connectivity index (χ2v) is 14.0. The molecule has 2 saturated heterocycles. The molecule has 2 fully saturated rings. The predicted molar refractivity (Wildman–Crippen MR) is 198 cm³/mol. The maximum atomic E-state index is 13.5. The number of rotatable bonds is 12. The van der Waals surface area contributed by atoms with Crippen molar-refractivity contribution in [3.05, 3.63) is 82.9 Å². The van der Waals surface area contributed by atoms with Crippen molar-refractivity contribution in [2.45, 2.75) is 59.0 Å². The van der Waals surface area contributed by atoms with Crippen molar-refractivity contribution in [3.8, 4) is 45.5 Å². The summed E-state index contributed by atoms with van der Waals surface area (Å²) in [7, 11) is 0. The summed E-state index contributed by atoms with van der Waals surface area (Å²) in [6, 6.07) is 16.9. The molecule has 0 radical (unpaired) electrons.